The highest BCUT2D eigenvalue weighted by molar-refractivity contribution is 5.98. The SMILES string of the molecule is CCCCCCCCCCCC/C(C(=O)O)=C(\CCCCCC(C)C)C(=O)O. The zero-order chi connectivity index (χ0) is 21.2. The van der Waals surface area contributed by atoms with Crippen molar-refractivity contribution in [3.63, 3.8) is 0 Å². The van der Waals surface area contributed by atoms with Gasteiger partial charge in [-0.15, -0.1) is 0 Å². The standard InChI is InChI=1S/C24H44O4/c1-4-5-6-7-8-9-10-11-12-15-18-21(23(25)26)22(24(27)28)19-16-13-14-17-20(2)3/h20H,4-19H2,1-3H3,(H,25,26)(H,27,28)/b22-21-. The lowest BCUT2D eigenvalue weighted by Crippen LogP contribution is -2.12. The fourth-order valence-corrected chi connectivity index (χ4v) is 3.59. The largest absolute Gasteiger partial charge is 0.478 e. The molecule has 2 N–H and O–H groups in total. The first-order valence-corrected chi connectivity index (χ1v) is 11.6. The van der Waals surface area contributed by atoms with Gasteiger partial charge < -0.3 is 10.2 Å². The van der Waals surface area contributed by atoms with Crippen LogP contribution in [0.4, 0.5) is 0 Å². The van der Waals surface area contributed by atoms with Crippen LogP contribution in [0.25, 0.3) is 0 Å². The molecule has 0 aromatic carbocycles. The van der Waals surface area contributed by atoms with E-state index in [-0.39, 0.29) is 11.1 Å². The lowest BCUT2D eigenvalue weighted by molar-refractivity contribution is -0.136. The lowest BCUT2D eigenvalue weighted by atomic mass is 9.96. The van der Waals surface area contributed by atoms with E-state index >= 15 is 0 Å². The van der Waals surface area contributed by atoms with E-state index in [0.29, 0.717) is 18.8 Å². The van der Waals surface area contributed by atoms with Crippen LogP contribution in [0.2, 0.25) is 0 Å². The molecule has 4 nitrogen and oxygen atoms in total. The van der Waals surface area contributed by atoms with Gasteiger partial charge in [-0.3, -0.25) is 0 Å². The highest BCUT2D eigenvalue weighted by Crippen LogP contribution is 2.21. The van der Waals surface area contributed by atoms with Crippen LogP contribution in [0.15, 0.2) is 11.1 Å². The first-order chi connectivity index (χ1) is 13.4. The van der Waals surface area contributed by atoms with E-state index in [1.807, 2.05) is 0 Å². The van der Waals surface area contributed by atoms with Crippen molar-refractivity contribution < 1.29 is 19.8 Å². The van der Waals surface area contributed by atoms with E-state index in [1.165, 1.54) is 44.9 Å². The summed E-state index contributed by atoms with van der Waals surface area (Å²) in [5, 5.41) is 19.0. The van der Waals surface area contributed by atoms with Crippen LogP contribution in [0.5, 0.6) is 0 Å². The molecule has 0 heterocycles. The quantitative estimate of drug-likeness (QED) is 0.176. The summed E-state index contributed by atoms with van der Waals surface area (Å²) in [5.74, 6) is -1.47. The van der Waals surface area contributed by atoms with Crippen molar-refractivity contribution in [2.75, 3.05) is 0 Å². The third-order valence-corrected chi connectivity index (χ3v) is 5.37. The Bertz CT molecular complexity index is 452. The van der Waals surface area contributed by atoms with Crippen LogP contribution in [0.3, 0.4) is 0 Å². The predicted octanol–water partition coefficient (Wildman–Crippen LogP) is 7.37. The predicted molar refractivity (Wildman–Crippen MR) is 117 cm³/mol. The van der Waals surface area contributed by atoms with E-state index < -0.39 is 11.9 Å². The monoisotopic (exact) mass is 396 g/mol. The minimum absolute atomic E-state index is 0.118. The molecule has 0 amide bonds. The molecule has 0 fully saturated rings. The molecule has 4 heteroatoms. The van der Waals surface area contributed by atoms with Gasteiger partial charge in [-0.1, -0.05) is 97.8 Å². The van der Waals surface area contributed by atoms with Gasteiger partial charge in [0.2, 0.25) is 0 Å². The first-order valence-electron chi connectivity index (χ1n) is 11.6. The summed E-state index contributed by atoms with van der Waals surface area (Å²) in [5.41, 5.74) is 0.240. The Balaban J connectivity index is 4.23. The van der Waals surface area contributed by atoms with Gasteiger partial charge in [-0.05, 0) is 31.6 Å². The highest BCUT2D eigenvalue weighted by atomic mass is 16.4. The second kappa shape index (κ2) is 17.8. The maximum Gasteiger partial charge on any atom is 0.332 e. The Morgan fingerprint density at radius 1 is 0.607 bits per heavy atom. The Hall–Kier alpha value is -1.32. The molecular formula is C24H44O4. The third kappa shape index (κ3) is 14.7. The molecule has 0 aliphatic carbocycles. The molecule has 0 aliphatic heterocycles. The Kier molecular flexibility index (Phi) is 16.9. The first kappa shape index (κ1) is 26.7. The van der Waals surface area contributed by atoms with Gasteiger partial charge >= 0.3 is 11.9 Å². The molecule has 0 aromatic rings. The molecule has 0 atom stereocenters. The number of carbonyl (C=O) groups is 2. The van der Waals surface area contributed by atoms with E-state index in [4.69, 9.17) is 0 Å². The van der Waals surface area contributed by atoms with Crippen LogP contribution in [-0.4, -0.2) is 22.2 Å². The van der Waals surface area contributed by atoms with E-state index in [1.54, 1.807) is 0 Å². The average Bonchev–Trinajstić information content (AvgIpc) is 2.63. The molecule has 0 unspecified atom stereocenters. The molecule has 0 bridgehead atoms. The van der Waals surface area contributed by atoms with Crippen molar-refractivity contribution in [3.8, 4) is 0 Å². The molecule has 28 heavy (non-hydrogen) atoms. The number of hydrogen-bond donors (Lipinski definition) is 2. The molecule has 0 aliphatic rings. The summed E-state index contributed by atoms with van der Waals surface area (Å²) in [6.45, 7) is 6.58. The van der Waals surface area contributed by atoms with E-state index in [0.717, 1.165) is 44.9 Å². The summed E-state index contributed by atoms with van der Waals surface area (Å²) >= 11 is 0. The molecular weight excluding hydrogens is 352 g/mol. The number of carboxylic acids is 2. The Morgan fingerprint density at radius 2 is 0.964 bits per heavy atom. The van der Waals surface area contributed by atoms with Crippen LogP contribution >= 0.6 is 0 Å². The second-order valence-electron chi connectivity index (χ2n) is 8.49. The average molecular weight is 397 g/mol. The summed E-state index contributed by atoms with van der Waals surface area (Å²) in [7, 11) is 0. The van der Waals surface area contributed by atoms with Crippen LogP contribution in [0.1, 0.15) is 124 Å². The lowest BCUT2D eigenvalue weighted by Gasteiger charge is -2.10. The second-order valence-corrected chi connectivity index (χ2v) is 8.49. The number of aliphatic carboxylic acids is 2. The topological polar surface area (TPSA) is 74.6 Å². The van der Waals surface area contributed by atoms with Gasteiger partial charge in [0.25, 0.3) is 0 Å². The minimum atomic E-state index is -1.06. The van der Waals surface area contributed by atoms with Gasteiger partial charge in [0.1, 0.15) is 0 Å². The molecule has 164 valence electrons. The van der Waals surface area contributed by atoms with Crippen molar-refractivity contribution >= 4 is 11.9 Å². The Labute approximate surface area is 172 Å². The molecule has 0 rings (SSSR count). The summed E-state index contributed by atoms with van der Waals surface area (Å²) < 4.78 is 0. The smallest absolute Gasteiger partial charge is 0.332 e. The van der Waals surface area contributed by atoms with Gasteiger partial charge in [0.15, 0.2) is 0 Å². The zero-order valence-corrected chi connectivity index (χ0v) is 18.6. The van der Waals surface area contributed by atoms with Gasteiger partial charge in [-0.25, -0.2) is 9.59 Å². The summed E-state index contributed by atoms with van der Waals surface area (Å²) in [4.78, 5) is 23.2. The molecule has 0 saturated heterocycles. The third-order valence-electron chi connectivity index (χ3n) is 5.37. The normalized spacial score (nSPS) is 12.3. The van der Waals surface area contributed by atoms with Crippen molar-refractivity contribution in [3.05, 3.63) is 11.1 Å². The zero-order valence-electron chi connectivity index (χ0n) is 18.6. The number of rotatable bonds is 19. The number of hydrogen-bond acceptors (Lipinski definition) is 2. The van der Waals surface area contributed by atoms with Crippen LogP contribution < -0.4 is 0 Å². The molecule has 0 spiro atoms. The molecule has 0 saturated carbocycles. The Morgan fingerprint density at radius 3 is 1.32 bits per heavy atom. The summed E-state index contributed by atoms with van der Waals surface area (Å²) in [6.07, 6.45) is 16.5. The van der Waals surface area contributed by atoms with Gasteiger partial charge in [-0.2, -0.15) is 0 Å². The van der Waals surface area contributed by atoms with Crippen molar-refractivity contribution in [1.82, 2.24) is 0 Å². The fourth-order valence-electron chi connectivity index (χ4n) is 3.59. The van der Waals surface area contributed by atoms with Crippen molar-refractivity contribution in [2.24, 2.45) is 5.92 Å². The summed E-state index contributed by atoms with van der Waals surface area (Å²) in [6, 6.07) is 0. The number of carboxylic acid groups (broad SMARTS) is 2. The fraction of sp³-hybridized carbons (Fsp3) is 0.833. The highest BCUT2D eigenvalue weighted by Gasteiger charge is 2.19. The van der Waals surface area contributed by atoms with E-state index in [9.17, 15) is 19.8 Å². The minimum Gasteiger partial charge on any atom is -0.478 e. The van der Waals surface area contributed by atoms with E-state index in [2.05, 4.69) is 20.8 Å². The van der Waals surface area contributed by atoms with Crippen molar-refractivity contribution in [1.29, 1.82) is 0 Å². The maximum atomic E-state index is 11.6. The van der Waals surface area contributed by atoms with Crippen LogP contribution in [0, 0.1) is 5.92 Å². The molecule has 0 aromatic heterocycles. The van der Waals surface area contributed by atoms with Gasteiger partial charge in [0, 0.05) is 11.1 Å². The number of unbranched alkanes of at least 4 members (excludes halogenated alkanes) is 11. The van der Waals surface area contributed by atoms with Crippen LogP contribution in [-0.2, 0) is 9.59 Å². The maximum absolute atomic E-state index is 11.6. The molecule has 0 radical (unpaired) electrons. The van der Waals surface area contributed by atoms with Crippen molar-refractivity contribution in [2.45, 2.75) is 124 Å². The van der Waals surface area contributed by atoms with Gasteiger partial charge in [0.05, 0.1) is 0 Å².